The van der Waals surface area contributed by atoms with Crippen LogP contribution in [0.25, 0.3) is 22.4 Å². The van der Waals surface area contributed by atoms with Crippen molar-refractivity contribution in [1.82, 2.24) is 5.16 Å². The molecule has 0 aliphatic carbocycles. The Morgan fingerprint density at radius 2 is 1.52 bits per heavy atom. The summed E-state index contributed by atoms with van der Waals surface area (Å²) in [5.74, 6) is -3.51. The zero-order chi connectivity index (χ0) is 23.2. The maximum atomic E-state index is 14.3. The number of halogens is 7. The normalized spacial score (nSPS) is 12.8. The summed E-state index contributed by atoms with van der Waals surface area (Å²) in [5, 5.41) is 3.34. The molecule has 3 aromatic rings. The summed E-state index contributed by atoms with van der Waals surface area (Å²) in [7, 11) is -3.98. The van der Waals surface area contributed by atoms with Crippen molar-refractivity contribution in [2.24, 2.45) is 0 Å². The fraction of sp³-hybridized carbons (Fsp3) is 0.167. The van der Waals surface area contributed by atoms with Gasteiger partial charge in [0.1, 0.15) is 22.2 Å². The van der Waals surface area contributed by atoms with E-state index in [0.29, 0.717) is 6.07 Å². The highest BCUT2D eigenvalue weighted by atomic mass is 32.2. The van der Waals surface area contributed by atoms with E-state index < -0.39 is 61.4 Å². The van der Waals surface area contributed by atoms with Crippen LogP contribution in [0.1, 0.15) is 5.76 Å². The van der Waals surface area contributed by atoms with Crippen molar-refractivity contribution < 1.29 is 48.4 Å². The van der Waals surface area contributed by atoms with Crippen LogP contribution in [0.5, 0.6) is 5.75 Å². The van der Waals surface area contributed by atoms with Crippen molar-refractivity contribution in [3.8, 4) is 28.1 Å². The smallest absolute Gasteiger partial charge is 0.406 e. The van der Waals surface area contributed by atoms with Gasteiger partial charge in [0.05, 0.1) is 5.56 Å². The van der Waals surface area contributed by atoms with Gasteiger partial charge in [0.2, 0.25) is 5.76 Å². The highest BCUT2D eigenvalue weighted by Crippen LogP contribution is 2.43. The molecule has 0 bridgehead atoms. The first-order chi connectivity index (χ1) is 14.2. The van der Waals surface area contributed by atoms with Gasteiger partial charge in [0, 0.05) is 11.8 Å². The van der Waals surface area contributed by atoms with Crippen molar-refractivity contribution in [1.29, 1.82) is 0 Å². The predicted molar refractivity (Wildman–Crippen MR) is 92.1 cm³/mol. The minimum absolute atomic E-state index is 0.0867. The molecule has 2 aromatic carbocycles. The van der Waals surface area contributed by atoms with Crippen LogP contribution in [0.3, 0.4) is 0 Å². The van der Waals surface area contributed by atoms with E-state index in [1.807, 2.05) is 0 Å². The molecule has 0 fully saturated rings. The molecule has 0 N–H and O–H groups in total. The molecule has 5 nitrogen and oxygen atoms in total. The molecule has 13 heteroatoms. The number of benzene rings is 2. The van der Waals surface area contributed by atoms with Gasteiger partial charge < -0.3 is 9.26 Å². The molecule has 0 aliphatic rings. The fourth-order valence-corrected chi connectivity index (χ4v) is 3.45. The van der Waals surface area contributed by atoms with Gasteiger partial charge in [0.25, 0.3) is 0 Å². The van der Waals surface area contributed by atoms with E-state index in [-0.39, 0.29) is 5.56 Å². The van der Waals surface area contributed by atoms with E-state index in [1.165, 1.54) is 0 Å². The van der Waals surface area contributed by atoms with Crippen molar-refractivity contribution in [2.75, 3.05) is 6.26 Å². The van der Waals surface area contributed by atoms with Crippen LogP contribution < -0.4 is 4.74 Å². The summed E-state index contributed by atoms with van der Waals surface area (Å²) in [6, 6.07) is 6.00. The van der Waals surface area contributed by atoms with Crippen molar-refractivity contribution in [2.45, 2.75) is 17.4 Å². The van der Waals surface area contributed by atoms with E-state index in [2.05, 4.69) is 14.4 Å². The Labute approximate surface area is 170 Å². The van der Waals surface area contributed by atoms with Crippen LogP contribution in [0, 0.1) is 5.82 Å². The second-order valence-electron chi connectivity index (χ2n) is 6.22. The lowest BCUT2D eigenvalue weighted by Crippen LogP contribution is -2.16. The summed E-state index contributed by atoms with van der Waals surface area (Å²) in [6.07, 6.45) is -9.30. The first-order valence-corrected chi connectivity index (χ1v) is 9.99. The zero-order valence-corrected chi connectivity index (χ0v) is 16.0. The summed E-state index contributed by atoms with van der Waals surface area (Å²) in [4.78, 5) is -0.725. The largest absolute Gasteiger partial charge is 0.573 e. The van der Waals surface area contributed by atoms with Crippen LogP contribution in [0.2, 0.25) is 0 Å². The van der Waals surface area contributed by atoms with Gasteiger partial charge >= 0.3 is 12.5 Å². The van der Waals surface area contributed by atoms with Crippen LogP contribution in [0.15, 0.2) is 51.9 Å². The Kier molecular flexibility index (Phi) is 5.50. The third kappa shape index (κ3) is 4.98. The lowest BCUT2D eigenvalue weighted by molar-refractivity contribution is -0.274. The van der Waals surface area contributed by atoms with Gasteiger partial charge in [-0.15, -0.1) is 13.2 Å². The number of nitrogens with zero attached hydrogens (tertiary/aromatic N) is 1. The Morgan fingerprint density at radius 3 is 2.00 bits per heavy atom. The average Bonchev–Trinajstić information content (AvgIpc) is 3.05. The van der Waals surface area contributed by atoms with Crippen LogP contribution in [-0.2, 0) is 16.0 Å². The van der Waals surface area contributed by atoms with E-state index >= 15 is 0 Å². The summed E-state index contributed by atoms with van der Waals surface area (Å²) >= 11 is 0. The van der Waals surface area contributed by atoms with Crippen molar-refractivity contribution >= 4 is 9.84 Å². The number of hydrogen-bond acceptors (Lipinski definition) is 5. The Bertz CT molecular complexity index is 1210. The number of aromatic nitrogens is 1. The van der Waals surface area contributed by atoms with Crippen LogP contribution >= 0.6 is 0 Å². The highest BCUT2D eigenvalue weighted by molar-refractivity contribution is 7.90. The molecule has 0 saturated carbocycles. The van der Waals surface area contributed by atoms with Gasteiger partial charge in [-0.2, -0.15) is 13.2 Å². The molecule has 1 aromatic heterocycles. The third-order valence-electron chi connectivity index (χ3n) is 3.93. The zero-order valence-electron chi connectivity index (χ0n) is 15.2. The molecule has 0 spiro atoms. The molecule has 0 unspecified atom stereocenters. The minimum Gasteiger partial charge on any atom is -0.406 e. The lowest BCUT2D eigenvalue weighted by atomic mass is 9.98. The highest BCUT2D eigenvalue weighted by Gasteiger charge is 2.41. The number of alkyl halides is 6. The third-order valence-corrected chi connectivity index (χ3v) is 5.06. The molecule has 0 atom stereocenters. The Hall–Kier alpha value is -3.09. The molecule has 0 amide bonds. The Morgan fingerprint density at radius 1 is 0.935 bits per heavy atom. The van der Waals surface area contributed by atoms with Gasteiger partial charge in [-0.3, -0.25) is 0 Å². The molecule has 0 saturated heterocycles. The van der Waals surface area contributed by atoms with Crippen molar-refractivity contribution in [3.05, 3.63) is 54.0 Å². The molecular weight excluding hydrogens is 459 g/mol. The Balaban J connectivity index is 2.15. The lowest BCUT2D eigenvalue weighted by Gasteiger charge is -2.10. The first kappa shape index (κ1) is 22.6. The molecule has 0 aliphatic heterocycles. The molecular formula is C18H10F7NO4S. The summed E-state index contributed by atoms with van der Waals surface area (Å²) < 4.78 is 123. The molecule has 31 heavy (non-hydrogen) atoms. The monoisotopic (exact) mass is 469 g/mol. The van der Waals surface area contributed by atoms with E-state index in [4.69, 9.17) is 0 Å². The van der Waals surface area contributed by atoms with Gasteiger partial charge in [0.15, 0.2) is 9.84 Å². The standard InChI is InChI=1S/C18H10F7NO4S/c1-31(27,28)13-7-4-10(8-12(13)19)14-15(26-30-16(14)17(20,21)22)9-2-5-11(6-3-9)29-18(23,24)25/h2-8H,1H3. The summed E-state index contributed by atoms with van der Waals surface area (Å²) in [6.45, 7) is 0. The molecule has 1 heterocycles. The van der Waals surface area contributed by atoms with Crippen LogP contribution in [0.4, 0.5) is 30.7 Å². The van der Waals surface area contributed by atoms with Gasteiger partial charge in [-0.25, -0.2) is 12.8 Å². The average molecular weight is 469 g/mol. The number of sulfone groups is 1. The van der Waals surface area contributed by atoms with E-state index in [1.54, 1.807) is 0 Å². The minimum atomic E-state index is -5.05. The van der Waals surface area contributed by atoms with Crippen LogP contribution in [-0.4, -0.2) is 26.2 Å². The topological polar surface area (TPSA) is 69.4 Å². The maximum Gasteiger partial charge on any atom is 0.573 e. The van der Waals surface area contributed by atoms with E-state index in [9.17, 15) is 39.2 Å². The SMILES string of the molecule is CS(=O)(=O)c1ccc(-c2c(-c3ccc(OC(F)(F)F)cc3)noc2C(F)(F)F)cc1F. The second kappa shape index (κ2) is 7.55. The fourth-order valence-electron chi connectivity index (χ4n) is 2.72. The second-order valence-corrected chi connectivity index (χ2v) is 8.21. The van der Waals surface area contributed by atoms with Crippen molar-refractivity contribution in [3.63, 3.8) is 0 Å². The molecule has 3 rings (SSSR count). The van der Waals surface area contributed by atoms with E-state index in [0.717, 1.165) is 42.7 Å². The predicted octanol–water partition coefficient (Wildman–Crippen LogP) is 5.47. The maximum absolute atomic E-state index is 14.3. The number of rotatable bonds is 4. The van der Waals surface area contributed by atoms with Gasteiger partial charge in [-0.05, 0) is 42.0 Å². The number of hydrogen-bond donors (Lipinski definition) is 0. The summed E-state index contributed by atoms with van der Waals surface area (Å²) in [5.41, 5.74) is -1.64. The van der Waals surface area contributed by atoms with Gasteiger partial charge in [-0.1, -0.05) is 11.2 Å². The molecule has 0 radical (unpaired) electrons. The quantitative estimate of drug-likeness (QED) is 0.474. The number of ether oxygens (including phenoxy) is 1. The first-order valence-electron chi connectivity index (χ1n) is 8.10. The molecule has 166 valence electrons.